The van der Waals surface area contributed by atoms with Gasteiger partial charge in [0.25, 0.3) is 0 Å². The second-order valence-electron chi connectivity index (χ2n) is 3.02. The standard InChI is InChI=1S/C11H15BrO4/c1-13-10-6-5-8(7-9(10)12)11(14-2,15-3)16-4/h5-7H,1-4H3. The minimum absolute atomic E-state index is 0.737. The molecule has 1 rings (SSSR count). The SMILES string of the molecule is COc1ccc(C(OC)(OC)OC)cc1Br. The van der Waals surface area contributed by atoms with Crippen molar-refractivity contribution in [1.29, 1.82) is 0 Å². The molecule has 0 aliphatic heterocycles. The largest absolute Gasteiger partial charge is 0.496 e. The van der Waals surface area contributed by atoms with Crippen LogP contribution in [0.1, 0.15) is 5.56 Å². The van der Waals surface area contributed by atoms with E-state index in [4.69, 9.17) is 18.9 Å². The predicted molar refractivity (Wildman–Crippen MR) is 63.4 cm³/mol. The molecule has 90 valence electrons. The van der Waals surface area contributed by atoms with Crippen LogP contribution in [0.3, 0.4) is 0 Å². The molecule has 0 unspecified atom stereocenters. The highest BCUT2D eigenvalue weighted by atomic mass is 79.9. The lowest BCUT2D eigenvalue weighted by Gasteiger charge is -2.29. The second kappa shape index (κ2) is 5.63. The maximum atomic E-state index is 5.24. The van der Waals surface area contributed by atoms with Gasteiger partial charge < -0.3 is 18.9 Å². The van der Waals surface area contributed by atoms with Crippen LogP contribution >= 0.6 is 15.9 Å². The molecule has 0 saturated heterocycles. The summed E-state index contributed by atoms with van der Waals surface area (Å²) >= 11 is 3.40. The first-order chi connectivity index (χ1) is 7.63. The number of ether oxygens (including phenoxy) is 4. The summed E-state index contributed by atoms with van der Waals surface area (Å²) in [5.41, 5.74) is 0.743. The molecule has 0 aliphatic carbocycles. The fourth-order valence-corrected chi connectivity index (χ4v) is 2.00. The molecular weight excluding hydrogens is 276 g/mol. The third-order valence-corrected chi connectivity index (χ3v) is 2.93. The predicted octanol–water partition coefficient (Wildman–Crippen LogP) is 2.51. The highest BCUT2D eigenvalue weighted by Crippen LogP contribution is 2.33. The monoisotopic (exact) mass is 290 g/mol. The molecule has 0 N–H and O–H groups in total. The zero-order valence-corrected chi connectivity index (χ0v) is 11.3. The smallest absolute Gasteiger partial charge is 0.311 e. The van der Waals surface area contributed by atoms with Crippen LogP contribution in [0.4, 0.5) is 0 Å². The molecule has 1 aromatic carbocycles. The number of hydrogen-bond acceptors (Lipinski definition) is 4. The summed E-state index contributed by atoms with van der Waals surface area (Å²) in [5.74, 6) is -0.449. The van der Waals surface area contributed by atoms with Crippen molar-refractivity contribution in [2.45, 2.75) is 5.97 Å². The highest BCUT2D eigenvalue weighted by molar-refractivity contribution is 9.10. The van der Waals surface area contributed by atoms with Crippen LogP contribution in [0.25, 0.3) is 0 Å². The Morgan fingerprint density at radius 3 is 1.94 bits per heavy atom. The normalized spacial score (nSPS) is 11.6. The van der Waals surface area contributed by atoms with Crippen LogP contribution in [0.5, 0.6) is 5.75 Å². The highest BCUT2D eigenvalue weighted by Gasteiger charge is 2.32. The van der Waals surface area contributed by atoms with Gasteiger partial charge >= 0.3 is 5.97 Å². The lowest BCUT2D eigenvalue weighted by atomic mass is 10.2. The van der Waals surface area contributed by atoms with E-state index in [0.29, 0.717) is 0 Å². The van der Waals surface area contributed by atoms with Gasteiger partial charge in [0.1, 0.15) is 5.75 Å². The molecule has 0 fully saturated rings. The lowest BCUT2D eigenvalue weighted by molar-refractivity contribution is -0.364. The van der Waals surface area contributed by atoms with Gasteiger partial charge in [-0.3, -0.25) is 0 Å². The summed E-state index contributed by atoms with van der Waals surface area (Å²) < 4.78 is 21.7. The van der Waals surface area contributed by atoms with E-state index < -0.39 is 5.97 Å². The summed E-state index contributed by atoms with van der Waals surface area (Å²) in [6, 6.07) is 5.46. The minimum atomic E-state index is -1.19. The van der Waals surface area contributed by atoms with E-state index in [0.717, 1.165) is 15.8 Å². The zero-order chi connectivity index (χ0) is 12.2. The first-order valence-corrected chi connectivity index (χ1v) is 5.42. The zero-order valence-electron chi connectivity index (χ0n) is 9.74. The van der Waals surface area contributed by atoms with Crippen molar-refractivity contribution in [2.24, 2.45) is 0 Å². The molecule has 0 aliphatic rings. The molecule has 0 atom stereocenters. The lowest BCUT2D eigenvalue weighted by Crippen LogP contribution is -2.32. The van der Waals surface area contributed by atoms with Crippen molar-refractivity contribution < 1.29 is 18.9 Å². The molecule has 1 aromatic rings. The van der Waals surface area contributed by atoms with Crippen LogP contribution < -0.4 is 4.74 Å². The van der Waals surface area contributed by atoms with E-state index in [1.807, 2.05) is 18.2 Å². The van der Waals surface area contributed by atoms with Crippen molar-refractivity contribution in [3.63, 3.8) is 0 Å². The van der Waals surface area contributed by atoms with Gasteiger partial charge in [0.2, 0.25) is 0 Å². The molecule has 0 saturated carbocycles. The van der Waals surface area contributed by atoms with Crippen LogP contribution in [0.15, 0.2) is 22.7 Å². The third-order valence-electron chi connectivity index (χ3n) is 2.31. The summed E-state index contributed by atoms with van der Waals surface area (Å²) in [5, 5.41) is 0. The maximum absolute atomic E-state index is 5.24. The number of halogens is 1. The molecule has 0 aromatic heterocycles. The van der Waals surface area contributed by atoms with Crippen molar-refractivity contribution in [3.05, 3.63) is 28.2 Å². The van der Waals surface area contributed by atoms with E-state index in [1.54, 1.807) is 7.11 Å². The fraction of sp³-hybridized carbons (Fsp3) is 0.455. The summed E-state index contributed by atoms with van der Waals surface area (Å²) in [7, 11) is 6.16. The average molecular weight is 291 g/mol. The van der Waals surface area contributed by atoms with Crippen LogP contribution in [0, 0.1) is 0 Å². The topological polar surface area (TPSA) is 36.9 Å². The van der Waals surface area contributed by atoms with Gasteiger partial charge in [0.05, 0.1) is 11.6 Å². The molecule has 0 spiro atoms. The van der Waals surface area contributed by atoms with Gasteiger partial charge in [0.15, 0.2) is 0 Å². The van der Waals surface area contributed by atoms with E-state index >= 15 is 0 Å². The van der Waals surface area contributed by atoms with E-state index in [-0.39, 0.29) is 0 Å². The maximum Gasteiger partial charge on any atom is 0.311 e. The molecule has 5 heteroatoms. The molecule has 4 nitrogen and oxygen atoms in total. The summed E-state index contributed by atoms with van der Waals surface area (Å²) in [6.07, 6.45) is 0. The van der Waals surface area contributed by atoms with Crippen molar-refractivity contribution >= 4 is 15.9 Å². The number of methoxy groups -OCH3 is 4. The quantitative estimate of drug-likeness (QED) is 0.781. The first kappa shape index (κ1) is 13.4. The Bertz CT molecular complexity index is 342. The fourth-order valence-electron chi connectivity index (χ4n) is 1.46. The van der Waals surface area contributed by atoms with Crippen molar-refractivity contribution in [2.75, 3.05) is 28.4 Å². The molecule has 0 radical (unpaired) electrons. The minimum Gasteiger partial charge on any atom is -0.496 e. The van der Waals surface area contributed by atoms with E-state index in [9.17, 15) is 0 Å². The number of rotatable bonds is 5. The summed E-state index contributed by atoms with van der Waals surface area (Å²) in [6.45, 7) is 0. The van der Waals surface area contributed by atoms with Crippen molar-refractivity contribution in [3.8, 4) is 5.75 Å². The molecule has 0 bridgehead atoms. The van der Waals surface area contributed by atoms with Gasteiger partial charge in [-0.15, -0.1) is 0 Å². The number of hydrogen-bond donors (Lipinski definition) is 0. The Labute approximate surface area is 104 Å². The van der Waals surface area contributed by atoms with Gasteiger partial charge in [-0.05, 0) is 34.1 Å². The Balaban J connectivity index is 3.16. The van der Waals surface area contributed by atoms with Crippen LogP contribution in [-0.2, 0) is 20.2 Å². The third kappa shape index (κ3) is 2.38. The molecular formula is C11H15BrO4. The Morgan fingerprint density at radius 2 is 1.56 bits per heavy atom. The van der Waals surface area contributed by atoms with Gasteiger partial charge in [-0.1, -0.05) is 0 Å². The van der Waals surface area contributed by atoms with Gasteiger partial charge in [0, 0.05) is 26.9 Å². The van der Waals surface area contributed by atoms with E-state index in [1.165, 1.54) is 21.3 Å². The van der Waals surface area contributed by atoms with Crippen LogP contribution in [0.2, 0.25) is 0 Å². The second-order valence-corrected chi connectivity index (χ2v) is 3.87. The Morgan fingerprint density at radius 1 is 1.00 bits per heavy atom. The van der Waals surface area contributed by atoms with Crippen molar-refractivity contribution in [1.82, 2.24) is 0 Å². The Hall–Kier alpha value is -0.620. The molecule has 0 amide bonds. The number of benzene rings is 1. The summed E-state index contributed by atoms with van der Waals surface area (Å²) in [4.78, 5) is 0. The Kier molecular flexibility index (Phi) is 4.73. The van der Waals surface area contributed by atoms with Gasteiger partial charge in [-0.2, -0.15) is 0 Å². The first-order valence-electron chi connectivity index (χ1n) is 4.63. The average Bonchev–Trinajstić information content (AvgIpc) is 2.32. The van der Waals surface area contributed by atoms with Gasteiger partial charge in [-0.25, -0.2) is 0 Å². The van der Waals surface area contributed by atoms with E-state index in [2.05, 4.69) is 15.9 Å². The molecule has 16 heavy (non-hydrogen) atoms. The molecule has 0 heterocycles. The van der Waals surface area contributed by atoms with Crippen LogP contribution in [-0.4, -0.2) is 28.4 Å².